The molecule has 0 unspecified atom stereocenters. The van der Waals surface area contributed by atoms with Crippen molar-refractivity contribution in [3.63, 3.8) is 0 Å². The molecule has 4 nitrogen and oxygen atoms in total. The highest BCUT2D eigenvalue weighted by molar-refractivity contribution is 9.10. The number of amides is 2. The SMILES string of the molecule is CCN(CC)C(=O)CCN(C(C)=O)c1ccc(Br)cc1. The first-order chi connectivity index (χ1) is 9.49. The Morgan fingerprint density at radius 2 is 1.65 bits per heavy atom. The van der Waals surface area contributed by atoms with Crippen LogP contribution in [0.4, 0.5) is 5.69 Å². The van der Waals surface area contributed by atoms with Gasteiger partial charge in [0.1, 0.15) is 0 Å². The summed E-state index contributed by atoms with van der Waals surface area (Å²) in [5.74, 6) is 0.0260. The number of carbonyl (C=O) groups excluding carboxylic acids is 2. The highest BCUT2D eigenvalue weighted by Gasteiger charge is 2.15. The van der Waals surface area contributed by atoms with Gasteiger partial charge in [0.15, 0.2) is 0 Å². The van der Waals surface area contributed by atoms with E-state index in [0.29, 0.717) is 26.1 Å². The van der Waals surface area contributed by atoms with E-state index in [2.05, 4.69) is 15.9 Å². The normalized spacial score (nSPS) is 10.2. The largest absolute Gasteiger partial charge is 0.343 e. The topological polar surface area (TPSA) is 40.6 Å². The van der Waals surface area contributed by atoms with Crippen molar-refractivity contribution < 1.29 is 9.59 Å². The van der Waals surface area contributed by atoms with Crippen LogP contribution in [0.1, 0.15) is 27.2 Å². The highest BCUT2D eigenvalue weighted by Crippen LogP contribution is 2.19. The molecule has 0 saturated heterocycles. The first-order valence-corrected chi connectivity index (χ1v) is 7.60. The lowest BCUT2D eigenvalue weighted by atomic mass is 10.2. The Morgan fingerprint density at radius 1 is 1.10 bits per heavy atom. The Bertz CT molecular complexity index is 455. The highest BCUT2D eigenvalue weighted by atomic mass is 79.9. The summed E-state index contributed by atoms with van der Waals surface area (Å²) in [4.78, 5) is 27.1. The number of nitrogens with zero attached hydrogens (tertiary/aromatic N) is 2. The van der Waals surface area contributed by atoms with Gasteiger partial charge < -0.3 is 9.80 Å². The molecule has 0 saturated carbocycles. The molecule has 1 aromatic rings. The number of rotatable bonds is 6. The molecule has 0 radical (unpaired) electrons. The maximum absolute atomic E-state index is 12.0. The summed E-state index contributed by atoms with van der Waals surface area (Å²) in [6.07, 6.45) is 0.345. The molecule has 0 spiro atoms. The average molecular weight is 341 g/mol. The van der Waals surface area contributed by atoms with Crippen LogP contribution in [0.15, 0.2) is 28.7 Å². The molecule has 20 heavy (non-hydrogen) atoms. The third-order valence-corrected chi connectivity index (χ3v) is 3.71. The summed E-state index contributed by atoms with van der Waals surface area (Å²) in [5, 5.41) is 0. The second-order valence-corrected chi connectivity index (χ2v) is 5.38. The Kier molecular flexibility index (Phi) is 6.71. The van der Waals surface area contributed by atoms with E-state index in [4.69, 9.17) is 0 Å². The lowest BCUT2D eigenvalue weighted by Crippen LogP contribution is -2.36. The van der Waals surface area contributed by atoms with E-state index in [1.54, 1.807) is 9.80 Å². The molecular weight excluding hydrogens is 320 g/mol. The number of hydrogen-bond acceptors (Lipinski definition) is 2. The van der Waals surface area contributed by atoms with Gasteiger partial charge in [-0.05, 0) is 38.1 Å². The zero-order valence-corrected chi connectivity index (χ0v) is 13.8. The van der Waals surface area contributed by atoms with Crippen molar-refractivity contribution in [2.45, 2.75) is 27.2 Å². The average Bonchev–Trinajstić information content (AvgIpc) is 2.42. The minimum Gasteiger partial charge on any atom is -0.343 e. The van der Waals surface area contributed by atoms with Crippen LogP contribution >= 0.6 is 15.9 Å². The van der Waals surface area contributed by atoms with Crippen molar-refractivity contribution in [1.29, 1.82) is 0 Å². The molecule has 0 atom stereocenters. The molecule has 0 N–H and O–H groups in total. The van der Waals surface area contributed by atoms with Gasteiger partial charge >= 0.3 is 0 Å². The van der Waals surface area contributed by atoms with Crippen molar-refractivity contribution in [3.05, 3.63) is 28.7 Å². The van der Waals surface area contributed by atoms with Gasteiger partial charge in [0.05, 0.1) is 0 Å². The number of halogens is 1. The molecule has 0 aliphatic heterocycles. The van der Waals surface area contributed by atoms with Crippen molar-refractivity contribution in [3.8, 4) is 0 Å². The van der Waals surface area contributed by atoms with Gasteiger partial charge in [-0.2, -0.15) is 0 Å². The maximum atomic E-state index is 12.0. The number of anilines is 1. The summed E-state index contributed by atoms with van der Waals surface area (Å²) in [6.45, 7) is 7.25. The third kappa shape index (κ3) is 4.63. The summed E-state index contributed by atoms with van der Waals surface area (Å²) in [7, 11) is 0. The fourth-order valence-electron chi connectivity index (χ4n) is 2.03. The van der Waals surface area contributed by atoms with E-state index < -0.39 is 0 Å². The van der Waals surface area contributed by atoms with Crippen molar-refractivity contribution >= 4 is 33.4 Å². The molecule has 0 bridgehead atoms. The molecule has 5 heteroatoms. The van der Waals surface area contributed by atoms with Crippen LogP contribution in [0.3, 0.4) is 0 Å². The standard InChI is InChI=1S/C15H21BrN2O2/c1-4-17(5-2)15(20)10-11-18(12(3)19)14-8-6-13(16)7-9-14/h6-9H,4-5,10-11H2,1-3H3. The Morgan fingerprint density at radius 3 is 2.10 bits per heavy atom. The zero-order chi connectivity index (χ0) is 15.1. The monoisotopic (exact) mass is 340 g/mol. The van der Waals surface area contributed by atoms with Crippen LogP contribution in [-0.4, -0.2) is 36.3 Å². The second kappa shape index (κ2) is 8.04. The molecule has 110 valence electrons. The molecule has 0 heterocycles. The molecule has 1 rings (SSSR count). The van der Waals surface area contributed by atoms with Crippen molar-refractivity contribution in [2.75, 3.05) is 24.5 Å². The first kappa shape index (κ1) is 16.7. The smallest absolute Gasteiger partial charge is 0.224 e. The van der Waals surface area contributed by atoms with E-state index >= 15 is 0 Å². The molecule has 1 aromatic carbocycles. The Balaban J connectivity index is 2.72. The zero-order valence-electron chi connectivity index (χ0n) is 12.2. The number of carbonyl (C=O) groups is 2. The quantitative estimate of drug-likeness (QED) is 0.798. The lowest BCUT2D eigenvalue weighted by Gasteiger charge is -2.24. The predicted molar refractivity (Wildman–Crippen MR) is 84.7 cm³/mol. The molecule has 0 aromatic heterocycles. The second-order valence-electron chi connectivity index (χ2n) is 4.46. The van der Waals surface area contributed by atoms with E-state index in [0.717, 1.165) is 10.2 Å². The third-order valence-electron chi connectivity index (χ3n) is 3.18. The van der Waals surface area contributed by atoms with Gasteiger partial charge in [0.25, 0.3) is 0 Å². The van der Waals surface area contributed by atoms with Gasteiger partial charge in [0, 0.05) is 43.1 Å². The molecule has 2 amide bonds. The van der Waals surface area contributed by atoms with Gasteiger partial charge in [0.2, 0.25) is 11.8 Å². The van der Waals surface area contributed by atoms with Gasteiger partial charge in [-0.1, -0.05) is 15.9 Å². The van der Waals surface area contributed by atoms with Crippen LogP contribution in [0.25, 0.3) is 0 Å². The summed E-state index contributed by atoms with van der Waals surface area (Å²) in [6, 6.07) is 7.51. The summed E-state index contributed by atoms with van der Waals surface area (Å²) < 4.78 is 0.962. The summed E-state index contributed by atoms with van der Waals surface area (Å²) in [5.41, 5.74) is 0.813. The van der Waals surface area contributed by atoms with Crippen LogP contribution in [0.2, 0.25) is 0 Å². The van der Waals surface area contributed by atoms with Crippen LogP contribution in [0, 0.1) is 0 Å². The summed E-state index contributed by atoms with van der Waals surface area (Å²) >= 11 is 3.37. The molecule has 0 aliphatic rings. The van der Waals surface area contributed by atoms with Crippen molar-refractivity contribution in [2.24, 2.45) is 0 Å². The van der Waals surface area contributed by atoms with E-state index in [-0.39, 0.29) is 11.8 Å². The Labute approximate surface area is 128 Å². The van der Waals surface area contributed by atoms with Crippen LogP contribution in [-0.2, 0) is 9.59 Å². The number of benzene rings is 1. The molecule has 0 aliphatic carbocycles. The number of hydrogen-bond donors (Lipinski definition) is 0. The fraction of sp³-hybridized carbons (Fsp3) is 0.467. The molecular formula is C15H21BrN2O2. The maximum Gasteiger partial charge on any atom is 0.224 e. The lowest BCUT2D eigenvalue weighted by molar-refractivity contribution is -0.130. The minimum atomic E-state index is -0.0559. The predicted octanol–water partition coefficient (Wildman–Crippen LogP) is 3.06. The van der Waals surface area contributed by atoms with Crippen LogP contribution < -0.4 is 4.90 Å². The van der Waals surface area contributed by atoms with E-state index in [9.17, 15) is 9.59 Å². The van der Waals surface area contributed by atoms with Gasteiger partial charge in [-0.3, -0.25) is 9.59 Å². The minimum absolute atomic E-state index is 0.0559. The van der Waals surface area contributed by atoms with E-state index in [1.165, 1.54) is 6.92 Å². The van der Waals surface area contributed by atoms with Gasteiger partial charge in [-0.15, -0.1) is 0 Å². The Hall–Kier alpha value is -1.36. The fourth-order valence-corrected chi connectivity index (χ4v) is 2.30. The van der Waals surface area contributed by atoms with Crippen LogP contribution in [0.5, 0.6) is 0 Å². The molecule has 0 fully saturated rings. The van der Waals surface area contributed by atoms with Gasteiger partial charge in [-0.25, -0.2) is 0 Å². The van der Waals surface area contributed by atoms with Crippen molar-refractivity contribution in [1.82, 2.24) is 4.90 Å². The van der Waals surface area contributed by atoms with E-state index in [1.807, 2.05) is 38.1 Å². The first-order valence-electron chi connectivity index (χ1n) is 6.81.